The molecule has 20 heavy (non-hydrogen) atoms. The zero-order valence-corrected chi connectivity index (χ0v) is 12.8. The lowest BCUT2D eigenvalue weighted by molar-refractivity contribution is 0.113. The summed E-state index contributed by atoms with van der Waals surface area (Å²) in [5, 5.41) is 0. The lowest BCUT2D eigenvalue weighted by Crippen LogP contribution is -2.39. The molecule has 1 aliphatic rings. The van der Waals surface area contributed by atoms with Crippen LogP contribution < -0.4 is 11.3 Å². The van der Waals surface area contributed by atoms with E-state index in [-0.39, 0.29) is 5.56 Å². The fourth-order valence-corrected chi connectivity index (χ4v) is 2.86. The molecule has 1 fully saturated rings. The van der Waals surface area contributed by atoms with Crippen LogP contribution in [0.3, 0.4) is 0 Å². The van der Waals surface area contributed by atoms with Crippen molar-refractivity contribution in [2.75, 3.05) is 25.4 Å². The summed E-state index contributed by atoms with van der Waals surface area (Å²) in [7, 11) is 0. The molecule has 4 nitrogen and oxygen atoms in total. The number of likely N-dealkylation sites (tertiary alicyclic amines) is 1. The van der Waals surface area contributed by atoms with E-state index in [1.807, 2.05) is 0 Å². The molecule has 1 aliphatic heterocycles. The number of nitrogen functional groups attached to an aromatic ring is 1. The summed E-state index contributed by atoms with van der Waals surface area (Å²) >= 11 is 0. The first-order valence-electron chi connectivity index (χ1n) is 7.71. The fraction of sp³-hybridized carbons (Fsp3) is 0.688. The maximum absolute atomic E-state index is 11.7. The number of aromatic nitrogens is 1. The zero-order valence-electron chi connectivity index (χ0n) is 12.8. The second kappa shape index (κ2) is 6.44. The quantitative estimate of drug-likeness (QED) is 0.898. The monoisotopic (exact) mass is 277 g/mol. The summed E-state index contributed by atoms with van der Waals surface area (Å²) in [4.78, 5) is 14.2. The van der Waals surface area contributed by atoms with Crippen molar-refractivity contribution in [3.63, 3.8) is 0 Å². The molecular formula is C16H27N3O. The topological polar surface area (TPSA) is 51.3 Å². The highest BCUT2D eigenvalue weighted by atomic mass is 16.1. The van der Waals surface area contributed by atoms with Crippen molar-refractivity contribution in [3.8, 4) is 0 Å². The predicted octanol–water partition coefficient (Wildman–Crippen LogP) is 2.33. The van der Waals surface area contributed by atoms with Crippen LogP contribution in [0.1, 0.15) is 39.5 Å². The van der Waals surface area contributed by atoms with Crippen LogP contribution in [0, 0.1) is 5.41 Å². The van der Waals surface area contributed by atoms with E-state index >= 15 is 0 Å². The molecule has 2 heterocycles. The van der Waals surface area contributed by atoms with Crippen molar-refractivity contribution >= 4 is 5.69 Å². The molecule has 4 heteroatoms. The van der Waals surface area contributed by atoms with Crippen molar-refractivity contribution in [3.05, 3.63) is 28.7 Å². The minimum Gasteiger partial charge on any atom is -0.398 e. The first kappa shape index (κ1) is 15.1. The highest BCUT2D eigenvalue weighted by Gasteiger charge is 2.27. The van der Waals surface area contributed by atoms with Crippen molar-refractivity contribution in [2.24, 2.45) is 5.41 Å². The minimum atomic E-state index is 0.0383. The van der Waals surface area contributed by atoms with E-state index in [4.69, 9.17) is 5.73 Å². The van der Waals surface area contributed by atoms with Crippen LogP contribution >= 0.6 is 0 Å². The molecule has 0 amide bonds. The maximum atomic E-state index is 11.7. The molecule has 0 radical (unpaired) electrons. The standard InChI is InChI=1S/C16H27N3O/c1-3-16(2)7-11-18(12-8-16)9-4-10-19-13-14(17)5-6-15(19)20/h5-6,13H,3-4,7-12,17H2,1-2H3. The molecule has 2 rings (SSSR count). The smallest absolute Gasteiger partial charge is 0.250 e. The van der Waals surface area contributed by atoms with Crippen LogP contribution in [-0.4, -0.2) is 29.1 Å². The highest BCUT2D eigenvalue weighted by molar-refractivity contribution is 5.33. The lowest BCUT2D eigenvalue weighted by atomic mass is 9.78. The molecular weight excluding hydrogens is 250 g/mol. The van der Waals surface area contributed by atoms with Gasteiger partial charge in [-0.25, -0.2) is 0 Å². The maximum Gasteiger partial charge on any atom is 0.250 e. The van der Waals surface area contributed by atoms with Crippen LogP contribution in [0.2, 0.25) is 0 Å². The second-order valence-corrected chi connectivity index (χ2v) is 6.35. The third-order valence-electron chi connectivity index (χ3n) is 4.80. The Labute approximate surface area is 121 Å². The molecule has 0 aliphatic carbocycles. The van der Waals surface area contributed by atoms with Gasteiger partial charge in [0.25, 0.3) is 5.56 Å². The molecule has 2 N–H and O–H groups in total. The van der Waals surface area contributed by atoms with Crippen LogP contribution in [0.4, 0.5) is 5.69 Å². The Hall–Kier alpha value is -1.29. The average Bonchev–Trinajstić information content (AvgIpc) is 2.45. The van der Waals surface area contributed by atoms with Gasteiger partial charge in [0.05, 0.1) is 0 Å². The number of nitrogens with zero attached hydrogens (tertiary/aromatic N) is 2. The van der Waals surface area contributed by atoms with E-state index in [1.54, 1.807) is 22.9 Å². The SMILES string of the molecule is CCC1(C)CCN(CCCn2cc(N)ccc2=O)CC1. The molecule has 1 aromatic heterocycles. The van der Waals surface area contributed by atoms with Crippen LogP contribution in [0.5, 0.6) is 0 Å². The van der Waals surface area contributed by atoms with Crippen LogP contribution in [0.15, 0.2) is 23.1 Å². The molecule has 1 aromatic rings. The van der Waals surface area contributed by atoms with Gasteiger partial charge >= 0.3 is 0 Å². The summed E-state index contributed by atoms with van der Waals surface area (Å²) in [6.07, 6.45) is 6.61. The summed E-state index contributed by atoms with van der Waals surface area (Å²) in [6, 6.07) is 3.21. The van der Waals surface area contributed by atoms with Crippen LogP contribution in [0.25, 0.3) is 0 Å². The van der Waals surface area contributed by atoms with Crippen molar-refractivity contribution in [1.29, 1.82) is 0 Å². The van der Waals surface area contributed by atoms with E-state index in [2.05, 4.69) is 18.7 Å². The highest BCUT2D eigenvalue weighted by Crippen LogP contribution is 2.33. The number of anilines is 1. The number of pyridine rings is 1. The van der Waals surface area contributed by atoms with Crippen molar-refractivity contribution in [2.45, 2.75) is 46.1 Å². The minimum absolute atomic E-state index is 0.0383. The summed E-state index contributed by atoms with van der Waals surface area (Å²) in [6.45, 7) is 8.90. The zero-order chi connectivity index (χ0) is 14.6. The van der Waals surface area contributed by atoms with Gasteiger partial charge in [0, 0.05) is 24.5 Å². The van der Waals surface area contributed by atoms with Gasteiger partial charge in [0.1, 0.15) is 0 Å². The molecule has 0 spiro atoms. The Kier molecular flexibility index (Phi) is 4.86. The Morgan fingerprint density at radius 3 is 2.60 bits per heavy atom. The van der Waals surface area contributed by atoms with Crippen molar-refractivity contribution < 1.29 is 0 Å². The van der Waals surface area contributed by atoms with E-state index in [9.17, 15) is 4.79 Å². The predicted molar refractivity (Wildman–Crippen MR) is 83.8 cm³/mol. The molecule has 112 valence electrons. The summed E-state index contributed by atoms with van der Waals surface area (Å²) in [5.74, 6) is 0. The van der Waals surface area contributed by atoms with Crippen molar-refractivity contribution in [1.82, 2.24) is 9.47 Å². The molecule has 0 atom stereocenters. The molecule has 0 saturated carbocycles. The number of piperidine rings is 1. The van der Waals surface area contributed by atoms with E-state index in [0.29, 0.717) is 11.1 Å². The number of rotatable bonds is 5. The van der Waals surface area contributed by atoms with Crippen LogP contribution in [-0.2, 0) is 6.54 Å². The van der Waals surface area contributed by atoms with Gasteiger partial charge in [-0.3, -0.25) is 4.79 Å². The fourth-order valence-electron chi connectivity index (χ4n) is 2.86. The Morgan fingerprint density at radius 1 is 1.25 bits per heavy atom. The largest absolute Gasteiger partial charge is 0.398 e. The molecule has 1 saturated heterocycles. The second-order valence-electron chi connectivity index (χ2n) is 6.35. The van der Waals surface area contributed by atoms with Gasteiger partial charge in [-0.15, -0.1) is 0 Å². The van der Waals surface area contributed by atoms with Gasteiger partial charge in [0.15, 0.2) is 0 Å². The molecule has 0 bridgehead atoms. The van der Waals surface area contributed by atoms with Gasteiger partial charge in [-0.2, -0.15) is 0 Å². The lowest BCUT2D eigenvalue weighted by Gasteiger charge is -2.39. The average molecular weight is 277 g/mol. The summed E-state index contributed by atoms with van der Waals surface area (Å²) < 4.78 is 1.72. The Balaban J connectivity index is 1.77. The van der Waals surface area contributed by atoms with E-state index < -0.39 is 0 Å². The number of nitrogens with two attached hydrogens (primary N) is 1. The number of aryl methyl sites for hydroxylation is 1. The summed E-state index contributed by atoms with van der Waals surface area (Å²) in [5.41, 5.74) is 6.95. The van der Waals surface area contributed by atoms with E-state index in [1.165, 1.54) is 32.4 Å². The molecule has 0 aromatic carbocycles. The third-order valence-corrected chi connectivity index (χ3v) is 4.80. The number of hydrogen-bond acceptors (Lipinski definition) is 3. The van der Waals surface area contributed by atoms with Gasteiger partial charge in [0.2, 0.25) is 0 Å². The van der Waals surface area contributed by atoms with Gasteiger partial charge in [-0.1, -0.05) is 20.3 Å². The third kappa shape index (κ3) is 3.85. The van der Waals surface area contributed by atoms with Gasteiger partial charge in [-0.05, 0) is 50.4 Å². The van der Waals surface area contributed by atoms with Gasteiger partial charge < -0.3 is 15.2 Å². The van der Waals surface area contributed by atoms with E-state index in [0.717, 1.165) is 19.5 Å². The first-order valence-corrected chi connectivity index (χ1v) is 7.71. The first-order chi connectivity index (χ1) is 9.52. The normalized spacial score (nSPS) is 19.1. The number of hydrogen-bond donors (Lipinski definition) is 1. The Morgan fingerprint density at radius 2 is 1.95 bits per heavy atom. The Bertz CT molecular complexity index is 487. The molecule has 0 unspecified atom stereocenters.